The Morgan fingerprint density at radius 1 is 1.19 bits per heavy atom. The van der Waals surface area contributed by atoms with E-state index in [-0.39, 0.29) is 11.1 Å². The van der Waals surface area contributed by atoms with Gasteiger partial charge < -0.3 is 5.01 Å². The first-order valence-corrected chi connectivity index (χ1v) is 8.87. The van der Waals surface area contributed by atoms with Crippen molar-refractivity contribution < 1.29 is 0 Å². The highest BCUT2D eigenvalue weighted by molar-refractivity contribution is 7.06. The first-order chi connectivity index (χ1) is 10.1. The van der Waals surface area contributed by atoms with Crippen molar-refractivity contribution in [2.24, 2.45) is 22.9 Å². The monoisotopic (exact) mass is 305 g/mol. The van der Waals surface area contributed by atoms with E-state index in [1.54, 1.807) is 17.4 Å². The summed E-state index contributed by atoms with van der Waals surface area (Å²) in [4.78, 5) is 13.5. The Hall–Kier alpha value is -1.10. The molecule has 4 nitrogen and oxygen atoms in total. The molecule has 114 valence electrons. The van der Waals surface area contributed by atoms with Gasteiger partial charge in [-0.2, -0.15) is 0 Å². The number of hydrogen-bond acceptors (Lipinski definition) is 4. The van der Waals surface area contributed by atoms with Crippen LogP contribution in [0.25, 0.3) is 0 Å². The zero-order valence-electron chi connectivity index (χ0n) is 12.8. The summed E-state index contributed by atoms with van der Waals surface area (Å²) < 4.78 is 2.06. The van der Waals surface area contributed by atoms with Gasteiger partial charge in [-0.05, 0) is 61.7 Å². The largest absolute Gasteiger partial charge is 0.300 e. The number of rotatable bonds is 2. The van der Waals surface area contributed by atoms with Crippen LogP contribution < -0.4 is 10.4 Å². The summed E-state index contributed by atoms with van der Waals surface area (Å²) >= 11 is 1.59. The molecule has 0 radical (unpaired) electrons. The van der Waals surface area contributed by atoms with E-state index in [2.05, 4.69) is 9.67 Å². The second kappa shape index (κ2) is 4.70. The zero-order valence-corrected chi connectivity index (χ0v) is 13.6. The van der Waals surface area contributed by atoms with Gasteiger partial charge in [0.1, 0.15) is 0 Å². The molecule has 0 aliphatic heterocycles. The maximum Gasteiger partial charge on any atom is 0.254 e. The third kappa shape index (κ3) is 2.17. The van der Waals surface area contributed by atoms with Crippen molar-refractivity contribution >= 4 is 11.3 Å². The van der Waals surface area contributed by atoms with Crippen LogP contribution in [-0.2, 0) is 5.54 Å². The van der Waals surface area contributed by atoms with Crippen molar-refractivity contribution in [2.45, 2.75) is 44.1 Å². The molecule has 1 heterocycles. The van der Waals surface area contributed by atoms with E-state index in [1.165, 1.54) is 38.5 Å². The lowest BCUT2D eigenvalue weighted by Gasteiger charge is -2.57. The third-order valence-corrected chi connectivity index (χ3v) is 6.31. The van der Waals surface area contributed by atoms with Gasteiger partial charge in [-0.15, -0.1) is 16.4 Å². The zero-order chi connectivity index (χ0) is 14.6. The minimum absolute atomic E-state index is 0.0540. The Morgan fingerprint density at radius 2 is 1.76 bits per heavy atom. The van der Waals surface area contributed by atoms with Crippen molar-refractivity contribution in [2.75, 3.05) is 14.1 Å². The molecule has 21 heavy (non-hydrogen) atoms. The fraction of sp³-hybridized carbons (Fsp3) is 0.750. The Balaban J connectivity index is 1.89. The van der Waals surface area contributed by atoms with Crippen molar-refractivity contribution in [3.63, 3.8) is 0 Å². The van der Waals surface area contributed by atoms with Crippen molar-refractivity contribution in [3.05, 3.63) is 26.6 Å². The topological polar surface area (TPSA) is 37.6 Å². The molecule has 0 N–H and O–H groups in total. The first kappa shape index (κ1) is 13.6. The van der Waals surface area contributed by atoms with Crippen LogP contribution in [0.4, 0.5) is 0 Å². The maximum absolute atomic E-state index is 12.6. The summed E-state index contributed by atoms with van der Waals surface area (Å²) in [6, 6.07) is 1.72. The number of nitrogens with zero attached hydrogens (tertiary/aromatic N) is 3. The molecular weight excluding hydrogens is 282 g/mol. The number of hydrogen-bond donors (Lipinski definition) is 0. The maximum atomic E-state index is 12.6. The highest BCUT2D eigenvalue weighted by Gasteiger charge is 2.52. The summed E-state index contributed by atoms with van der Waals surface area (Å²) in [6.45, 7) is 0. The lowest BCUT2D eigenvalue weighted by Crippen LogP contribution is -2.57. The van der Waals surface area contributed by atoms with E-state index in [0.717, 1.165) is 22.6 Å². The Morgan fingerprint density at radius 3 is 2.29 bits per heavy atom. The Bertz CT molecular complexity index is 637. The van der Waals surface area contributed by atoms with Crippen LogP contribution >= 0.6 is 11.3 Å². The minimum atomic E-state index is 0.0540. The molecule has 0 atom stereocenters. The molecule has 4 aliphatic rings. The van der Waals surface area contributed by atoms with Crippen LogP contribution in [0.2, 0.25) is 0 Å². The first-order valence-electron chi connectivity index (χ1n) is 7.99. The van der Waals surface area contributed by atoms with Crippen molar-refractivity contribution in [3.8, 4) is 0 Å². The van der Waals surface area contributed by atoms with Gasteiger partial charge in [0.15, 0.2) is 0 Å². The average molecular weight is 305 g/mol. The van der Waals surface area contributed by atoms with Crippen LogP contribution in [0.1, 0.15) is 38.5 Å². The highest BCUT2D eigenvalue weighted by atomic mass is 32.1. The van der Waals surface area contributed by atoms with E-state index in [9.17, 15) is 4.79 Å². The van der Waals surface area contributed by atoms with Gasteiger partial charge in [-0.25, -0.2) is 0 Å². The summed E-state index contributed by atoms with van der Waals surface area (Å²) in [5, 5.41) is 8.28. The molecule has 1 aromatic rings. The van der Waals surface area contributed by atoms with Gasteiger partial charge in [0.05, 0.1) is 5.54 Å². The average Bonchev–Trinajstić information content (AvgIpc) is 2.35. The van der Waals surface area contributed by atoms with E-state index in [4.69, 9.17) is 0 Å². The fourth-order valence-electron chi connectivity index (χ4n) is 5.39. The number of aromatic nitrogens is 1. The van der Waals surface area contributed by atoms with Crippen molar-refractivity contribution in [1.29, 1.82) is 0 Å². The molecule has 5 heteroatoms. The summed E-state index contributed by atoms with van der Waals surface area (Å²) in [5.74, 6) is 2.50. The Kier molecular flexibility index (Phi) is 3.03. The van der Waals surface area contributed by atoms with Gasteiger partial charge in [-0.3, -0.25) is 9.36 Å². The normalized spacial score (nSPS) is 38.0. The minimum Gasteiger partial charge on any atom is -0.300 e. The van der Waals surface area contributed by atoms with Crippen molar-refractivity contribution in [1.82, 2.24) is 9.58 Å². The molecular formula is C16H23N3OS. The van der Waals surface area contributed by atoms with E-state index >= 15 is 0 Å². The summed E-state index contributed by atoms with van der Waals surface area (Å²) in [5.41, 5.74) is 0.189. The molecule has 4 bridgehead atoms. The molecule has 4 aliphatic carbocycles. The molecule has 4 saturated carbocycles. The van der Waals surface area contributed by atoms with Gasteiger partial charge in [0, 0.05) is 20.2 Å². The smallest absolute Gasteiger partial charge is 0.254 e. The quantitative estimate of drug-likeness (QED) is 0.786. The van der Waals surface area contributed by atoms with Crippen LogP contribution in [0, 0.1) is 17.8 Å². The molecule has 0 unspecified atom stereocenters. The van der Waals surface area contributed by atoms with Gasteiger partial charge in [0.25, 0.3) is 5.56 Å². The molecule has 5 rings (SSSR count). The Labute approximate surface area is 129 Å². The lowest BCUT2D eigenvalue weighted by atomic mass is 9.53. The van der Waals surface area contributed by atoms with E-state index in [1.807, 2.05) is 24.5 Å². The molecule has 4 fully saturated rings. The van der Waals surface area contributed by atoms with Crippen LogP contribution in [0.5, 0.6) is 0 Å². The van der Waals surface area contributed by atoms with Gasteiger partial charge in [-0.1, -0.05) is 0 Å². The molecule has 0 amide bonds. The molecule has 0 spiro atoms. The highest BCUT2D eigenvalue weighted by Crippen LogP contribution is 2.58. The molecule has 0 saturated heterocycles. The summed E-state index contributed by atoms with van der Waals surface area (Å²) in [7, 11) is 3.85. The predicted octanol–water partition coefficient (Wildman–Crippen LogP) is 2.21. The van der Waals surface area contributed by atoms with Crippen LogP contribution in [0.3, 0.4) is 0 Å². The van der Waals surface area contributed by atoms with E-state index in [0.29, 0.717) is 0 Å². The van der Waals surface area contributed by atoms with Gasteiger partial charge in [0.2, 0.25) is 4.80 Å². The second-order valence-corrected chi connectivity index (χ2v) is 8.34. The summed E-state index contributed by atoms with van der Waals surface area (Å²) in [6.07, 6.45) is 7.74. The standard InChI is InChI=1S/C16H23N3OS/c1-18(2)17-15-19(14(20)3-4-21-15)16-8-11-5-12(9-16)7-13(6-11)10-16/h3-4,11-13H,5-10H2,1-2H3. The third-order valence-electron chi connectivity index (χ3n) is 5.56. The lowest BCUT2D eigenvalue weighted by molar-refractivity contribution is -0.0465. The fourth-order valence-corrected chi connectivity index (χ4v) is 6.30. The van der Waals surface area contributed by atoms with Gasteiger partial charge >= 0.3 is 0 Å². The molecule has 0 aromatic carbocycles. The van der Waals surface area contributed by atoms with E-state index < -0.39 is 0 Å². The predicted molar refractivity (Wildman–Crippen MR) is 84.0 cm³/mol. The SMILES string of the molecule is CN(C)N=c1sccc(=O)n1C12CC3CC(CC(C3)C1)C2. The molecule has 1 aromatic heterocycles. The second-order valence-electron chi connectivity index (χ2n) is 7.47. The van der Waals surface area contributed by atoms with Crippen LogP contribution in [-0.4, -0.2) is 23.7 Å². The van der Waals surface area contributed by atoms with Crippen LogP contribution in [0.15, 0.2) is 21.3 Å².